The van der Waals surface area contributed by atoms with Gasteiger partial charge in [0, 0.05) is 11.4 Å². The van der Waals surface area contributed by atoms with Crippen LogP contribution in [-0.2, 0) is 0 Å². The molecule has 4 heteroatoms. The Morgan fingerprint density at radius 2 is 1.83 bits per heavy atom. The number of pyridine rings is 1. The summed E-state index contributed by atoms with van der Waals surface area (Å²) in [6, 6.07) is 12.3. The molecule has 0 aliphatic rings. The summed E-state index contributed by atoms with van der Waals surface area (Å²) in [6.07, 6.45) is 0. The maximum absolute atomic E-state index is 12.1. The van der Waals surface area contributed by atoms with Crippen molar-refractivity contribution >= 4 is 0 Å². The third-order valence-corrected chi connectivity index (χ3v) is 2.73. The van der Waals surface area contributed by atoms with Crippen molar-refractivity contribution in [3.63, 3.8) is 0 Å². The summed E-state index contributed by atoms with van der Waals surface area (Å²) in [4.78, 5) is 12.1. The molecule has 0 atom stereocenters. The van der Waals surface area contributed by atoms with Crippen LogP contribution in [0.25, 0.3) is 5.69 Å². The van der Waals surface area contributed by atoms with E-state index < -0.39 is 0 Å². The molecular formula is C14H12N2O2. The van der Waals surface area contributed by atoms with Gasteiger partial charge in [-0.15, -0.1) is 0 Å². The predicted octanol–water partition coefficient (Wildman–Crippen LogP) is 2.03. The van der Waals surface area contributed by atoms with Gasteiger partial charge in [-0.05, 0) is 43.3 Å². The SMILES string of the molecule is COc1ccc(-n2c(C)ccc(C#N)c2=O)cc1. The topological polar surface area (TPSA) is 55.0 Å². The number of nitrogens with zero attached hydrogens (tertiary/aromatic N) is 2. The average molecular weight is 240 g/mol. The molecule has 0 saturated heterocycles. The van der Waals surface area contributed by atoms with Crippen LogP contribution >= 0.6 is 0 Å². The summed E-state index contributed by atoms with van der Waals surface area (Å²) in [5, 5.41) is 8.88. The Labute approximate surface area is 105 Å². The first-order chi connectivity index (χ1) is 8.67. The zero-order chi connectivity index (χ0) is 13.1. The first kappa shape index (κ1) is 11.9. The Morgan fingerprint density at radius 1 is 1.17 bits per heavy atom. The number of hydrogen-bond acceptors (Lipinski definition) is 3. The van der Waals surface area contributed by atoms with Gasteiger partial charge in [-0.3, -0.25) is 9.36 Å². The number of ether oxygens (including phenoxy) is 1. The van der Waals surface area contributed by atoms with E-state index in [4.69, 9.17) is 10.00 Å². The molecule has 1 heterocycles. The zero-order valence-electron chi connectivity index (χ0n) is 10.2. The van der Waals surface area contributed by atoms with Crippen LogP contribution in [0, 0.1) is 18.3 Å². The monoisotopic (exact) mass is 240 g/mol. The van der Waals surface area contributed by atoms with Crippen LogP contribution < -0.4 is 10.3 Å². The van der Waals surface area contributed by atoms with Gasteiger partial charge in [0.2, 0.25) is 0 Å². The lowest BCUT2D eigenvalue weighted by Gasteiger charge is -2.10. The van der Waals surface area contributed by atoms with Gasteiger partial charge >= 0.3 is 0 Å². The highest BCUT2D eigenvalue weighted by molar-refractivity contribution is 5.41. The van der Waals surface area contributed by atoms with Crippen molar-refractivity contribution in [1.82, 2.24) is 4.57 Å². The molecule has 0 saturated carbocycles. The molecule has 0 amide bonds. The molecule has 0 aliphatic heterocycles. The fraction of sp³-hybridized carbons (Fsp3) is 0.143. The fourth-order valence-electron chi connectivity index (χ4n) is 1.77. The molecule has 0 radical (unpaired) electrons. The van der Waals surface area contributed by atoms with Crippen LogP contribution in [0.5, 0.6) is 5.75 Å². The maximum Gasteiger partial charge on any atom is 0.273 e. The van der Waals surface area contributed by atoms with Crippen molar-refractivity contribution in [2.24, 2.45) is 0 Å². The number of methoxy groups -OCH3 is 1. The lowest BCUT2D eigenvalue weighted by molar-refractivity contribution is 0.414. The van der Waals surface area contributed by atoms with E-state index in [9.17, 15) is 4.79 Å². The van der Waals surface area contributed by atoms with Crippen LogP contribution in [0.1, 0.15) is 11.3 Å². The van der Waals surface area contributed by atoms with Gasteiger partial charge in [-0.1, -0.05) is 0 Å². The summed E-state index contributed by atoms with van der Waals surface area (Å²) in [6.45, 7) is 1.83. The average Bonchev–Trinajstić information content (AvgIpc) is 2.40. The Hall–Kier alpha value is -2.54. The molecule has 0 spiro atoms. The number of rotatable bonds is 2. The van der Waals surface area contributed by atoms with Gasteiger partial charge < -0.3 is 4.74 Å². The molecule has 0 aliphatic carbocycles. The normalized spacial score (nSPS) is 9.83. The second-order valence-corrected chi connectivity index (χ2v) is 3.84. The van der Waals surface area contributed by atoms with E-state index in [1.807, 2.05) is 13.0 Å². The minimum absolute atomic E-state index is 0.136. The molecule has 0 fully saturated rings. The standard InChI is InChI=1S/C14H12N2O2/c1-10-3-4-11(9-15)14(17)16(10)12-5-7-13(18-2)8-6-12/h3-8H,1-2H3. The lowest BCUT2D eigenvalue weighted by atomic mass is 10.2. The number of aryl methyl sites for hydroxylation is 1. The highest BCUT2D eigenvalue weighted by Gasteiger charge is 2.07. The number of aromatic nitrogens is 1. The number of benzene rings is 1. The smallest absolute Gasteiger partial charge is 0.273 e. The molecule has 2 rings (SSSR count). The molecule has 0 bridgehead atoms. The Bertz CT molecular complexity index is 664. The van der Waals surface area contributed by atoms with Gasteiger partial charge in [-0.25, -0.2) is 0 Å². The van der Waals surface area contributed by atoms with Crippen molar-refractivity contribution in [1.29, 1.82) is 5.26 Å². The first-order valence-corrected chi connectivity index (χ1v) is 5.44. The van der Waals surface area contributed by atoms with Gasteiger partial charge in [0.05, 0.1) is 7.11 Å². The molecule has 18 heavy (non-hydrogen) atoms. The summed E-state index contributed by atoms with van der Waals surface area (Å²) in [5.41, 5.74) is 1.33. The fourth-order valence-corrected chi connectivity index (χ4v) is 1.77. The second-order valence-electron chi connectivity index (χ2n) is 3.84. The van der Waals surface area contributed by atoms with E-state index in [0.717, 1.165) is 17.1 Å². The molecule has 1 aromatic carbocycles. The Balaban J connectivity index is 2.63. The second kappa shape index (κ2) is 4.76. The van der Waals surface area contributed by atoms with E-state index >= 15 is 0 Å². The van der Waals surface area contributed by atoms with Crippen LogP contribution in [-0.4, -0.2) is 11.7 Å². The molecule has 4 nitrogen and oxygen atoms in total. The van der Waals surface area contributed by atoms with Crippen molar-refractivity contribution in [2.75, 3.05) is 7.11 Å². The van der Waals surface area contributed by atoms with Crippen LogP contribution in [0.4, 0.5) is 0 Å². The summed E-state index contributed by atoms with van der Waals surface area (Å²) < 4.78 is 6.58. The van der Waals surface area contributed by atoms with E-state index in [1.54, 1.807) is 37.4 Å². The summed E-state index contributed by atoms with van der Waals surface area (Å²) in [5.74, 6) is 0.723. The van der Waals surface area contributed by atoms with Crippen molar-refractivity contribution in [3.8, 4) is 17.5 Å². The van der Waals surface area contributed by atoms with E-state index in [-0.39, 0.29) is 11.1 Å². The summed E-state index contributed by atoms with van der Waals surface area (Å²) >= 11 is 0. The summed E-state index contributed by atoms with van der Waals surface area (Å²) in [7, 11) is 1.59. The first-order valence-electron chi connectivity index (χ1n) is 5.44. The van der Waals surface area contributed by atoms with Gasteiger partial charge in [0.15, 0.2) is 0 Å². The quantitative estimate of drug-likeness (QED) is 0.807. The number of nitriles is 1. The minimum atomic E-state index is -0.303. The highest BCUT2D eigenvalue weighted by Crippen LogP contribution is 2.15. The van der Waals surface area contributed by atoms with Gasteiger partial charge in [-0.2, -0.15) is 5.26 Å². The van der Waals surface area contributed by atoms with Gasteiger partial charge in [0.25, 0.3) is 5.56 Å². The van der Waals surface area contributed by atoms with Crippen molar-refractivity contribution < 1.29 is 4.74 Å². The third kappa shape index (κ3) is 1.98. The molecule has 90 valence electrons. The van der Waals surface area contributed by atoms with Crippen LogP contribution in [0.3, 0.4) is 0 Å². The largest absolute Gasteiger partial charge is 0.497 e. The zero-order valence-corrected chi connectivity index (χ0v) is 10.2. The van der Waals surface area contributed by atoms with Crippen LogP contribution in [0.15, 0.2) is 41.2 Å². The lowest BCUT2D eigenvalue weighted by Crippen LogP contribution is -2.22. The van der Waals surface area contributed by atoms with E-state index in [2.05, 4.69) is 0 Å². The minimum Gasteiger partial charge on any atom is -0.497 e. The third-order valence-electron chi connectivity index (χ3n) is 2.73. The van der Waals surface area contributed by atoms with Gasteiger partial charge in [0.1, 0.15) is 17.4 Å². The van der Waals surface area contributed by atoms with E-state index in [0.29, 0.717) is 0 Å². The molecule has 2 aromatic rings. The molecule has 0 N–H and O–H groups in total. The molecule has 1 aromatic heterocycles. The van der Waals surface area contributed by atoms with Crippen molar-refractivity contribution in [2.45, 2.75) is 6.92 Å². The van der Waals surface area contributed by atoms with Crippen LogP contribution in [0.2, 0.25) is 0 Å². The highest BCUT2D eigenvalue weighted by atomic mass is 16.5. The van der Waals surface area contributed by atoms with Crippen molar-refractivity contribution in [3.05, 3.63) is 58.0 Å². The number of hydrogen-bond donors (Lipinski definition) is 0. The Morgan fingerprint density at radius 3 is 2.39 bits per heavy atom. The Kier molecular flexibility index (Phi) is 3.16. The maximum atomic E-state index is 12.1. The predicted molar refractivity (Wildman–Crippen MR) is 68.0 cm³/mol. The molecular weight excluding hydrogens is 228 g/mol. The molecule has 0 unspecified atom stereocenters. The van der Waals surface area contributed by atoms with E-state index in [1.165, 1.54) is 10.6 Å².